The second kappa shape index (κ2) is 7.05. The fraction of sp³-hybridized carbons (Fsp3) is 0.346. The highest BCUT2D eigenvalue weighted by molar-refractivity contribution is 5.96. The van der Waals surface area contributed by atoms with Crippen molar-refractivity contribution in [2.24, 2.45) is 0 Å². The average molecular weight is 428 g/mol. The van der Waals surface area contributed by atoms with E-state index in [1.807, 2.05) is 23.1 Å². The van der Waals surface area contributed by atoms with E-state index < -0.39 is 0 Å². The van der Waals surface area contributed by atoms with Crippen LogP contribution in [0.1, 0.15) is 42.7 Å². The molecule has 1 amide bonds. The molecule has 3 N–H and O–H groups in total. The number of aromatic nitrogens is 1. The largest absolute Gasteiger partial charge is 0.379 e. The third kappa shape index (κ3) is 2.89. The van der Waals surface area contributed by atoms with E-state index in [9.17, 15) is 4.79 Å². The lowest BCUT2D eigenvalue weighted by Gasteiger charge is -2.46. The monoisotopic (exact) mass is 427 g/mol. The van der Waals surface area contributed by atoms with Crippen molar-refractivity contribution in [1.82, 2.24) is 9.47 Å². The Morgan fingerprint density at radius 2 is 1.66 bits per heavy atom. The molecular formula is C26H29N5O. The first kappa shape index (κ1) is 19.3. The van der Waals surface area contributed by atoms with E-state index in [1.54, 1.807) is 0 Å². The summed E-state index contributed by atoms with van der Waals surface area (Å²) in [5, 5.41) is 10.9. The second-order valence-electron chi connectivity index (χ2n) is 9.41. The van der Waals surface area contributed by atoms with Crippen LogP contribution in [0.2, 0.25) is 0 Å². The Labute approximate surface area is 188 Å². The molecule has 3 aliphatic heterocycles. The highest BCUT2D eigenvalue weighted by Gasteiger charge is 2.42. The molecule has 6 heteroatoms. The van der Waals surface area contributed by atoms with Gasteiger partial charge in [-0.25, -0.2) is 0 Å². The van der Waals surface area contributed by atoms with Gasteiger partial charge in [-0.15, -0.1) is 0 Å². The van der Waals surface area contributed by atoms with Crippen molar-refractivity contribution in [3.63, 3.8) is 0 Å². The normalized spacial score (nSPS) is 22.6. The Hall–Kier alpha value is -3.41. The van der Waals surface area contributed by atoms with Crippen LogP contribution in [0.3, 0.4) is 0 Å². The van der Waals surface area contributed by atoms with Gasteiger partial charge in [0.25, 0.3) is 5.91 Å². The van der Waals surface area contributed by atoms with E-state index in [-0.39, 0.29) is 11.4 Å². The number of hydrogen-bond donors (Lipinski definition) is 3. The molecule has 2 atom stereocenters. The molecule has 0 saturated carbocycles. The lowest BCUT2D eigenvalue weighted by molar-refractivity contribution is 0.0676. The standard InChI is InChI=1S/C26H29N5O/c1-17-18(2)28-22-16-19(9-10-20(22)27-17)25(32)30-14-11-26(12-15-30)24-8-5-13-31(24)23-7-4-3-6-21(23)29-26/h3-10,13,16-18,27-29H,11-12,14-15H2,1-2H3. The summed E-state index contributed by atoms with van der Waals surface area (Å²) in [5.41, 5.74) is 6.33. The zero-order chi connectivity index (χ0) is 21.9. The quantitative estimate of drug-likeness (QED) is 0.529. The number of fused-ring (bicyclic) bond motifs is 5. The predicted octanol–water partition coefficient (Wildman–Crippen LogP) is 4.65. The molecule has 0 bridgehead atoms. The highest BCUT2D eigenvalue weighted by atomic mass is 16.2. The number of rotatable bonds is 1. The number of benzene rings is 2. The van der Waals surface area contributed by atoms with Gasteiger partial charge in [0.2, 0.25) is 0 Å². The SMILES string of the molecule is CC1Nc2ccc(C(=O)N3CCC4(CC3)Nc3ccccc3-n3cccc34)cc2NC1C. The summed E-state index contributed by atoms with van der Waals surface area (Å²) >= 11 is 0. The van der Waals surface area contributed by atoms with Crippen molar-refractivity contribution in [3.8, 4) is 5.69 Å². The van der Waals surface area contributed by atoms with Crippen molar-refractivity contribution >= 4 is 23.0 Å². The number of hydrogen-bond acceptors (Lipinski definition) is 4. The minimum atomic E-state index is -0.137. The first-order valence-corrected chi connectivity index (χ1v) is 11.6. The van der Waals surface area contributed by atoms with Crippen molar-refractivity contribution in [2.75, 3.05) is 29.0 Å². The lowest BCUT2D eigenvalue weighted by atomic mass is 9.82. The number of nitrogens with one attached hydrogen (secondary N) is 3. The number of para-hydroxylation sites is 2. The van der Waals surface area contributed by atoms with E-state index >= 15 is 0 Å². The number of amides is 1. The van der Waals surface area contributed by atoms with Crippen LogP contribution in [0, 0.1) is 0 Å². The Morgan fingerprint density at radius 1 is 0.906 bits per heavy atom. The zero-order valence-corrected chi connectivity index (χ0v) is 18.6. The maximum Gasteiger partial charge on any atom is 0.253 e. The summed E-state index contributed by atoms with van der Waals surface area (Å²) in [4.78, 5) is 15.4. The molecular weight excluding hydrogens is 398 g/mol. The molecule has 0 aliphatic carbocycles. The Bertz CT molecular complexity index is 1190. The lowest BCUT2D eigenvalue weighted by Crippen LogP contribution is -2.51. The summed E-state index contributed by atoms with van der Waals surface area (Å²) in [6.45, 7) is 5.78. The van der Waals surface area contributed by atoms with Crippen molar-refractivity contribution in [2.45, 2.75) is 44.3 Å². The first-order chi connectivity index (χ1) is 15.5. The van der Waals surface area contributed by atoms with Gasteiger partial charge in [0, 0.05) is 42.6 Å². The number of carbonyl (C=O) groups excluding carboxylic acids is 1. The Kier molecular flexibility index (Phi) is 4.25. The van der Waals surface area contributed by atoms with Crippen molar-refractivity contribution in [3.05, 3.63) is 72.1 Å². The van der Waals surface area contributed by atoms with Gasteiger partial charge in [0.15, 0.2) is 0 Å². The van der Waals surface area contributed by atoms with E-state index in [0.717, 1.165) is 48.6 Å². The molecule has 1 fully saturated rings. The topological polar surface area (TPSA) is 61.3 Å². The van der Waals surface area contributed by atoms with Gasteiger partial charge < -0.3 is 25.4 Å². The molecule has 1 spiro atoms. The van der Waals surface area contributed by atoms with Crippen LogP contribution in [-0.4, -0.2) is 40.5 Å². The number of piperidine rings is 1. The fourth-order valence-corrected chi connectivity index (χ4v) is 5.41. The van der Waals surface area contributed by atoms with Crippen LogP contribution < -0.4 is 16.0 Å². The molecule has 1 saturated heterocycles. The average Bonchev–Trinajstić information content (AvgIpc) is 3.31. The molecule has 164 valence electrons. The van der Waals surface area contributed by atoms with E-state index in [1.165, 1.54) is 11.4 Å². The van der Waals surface area contributed by atoms with Crippen LogP contribution >= 0.6 is 0 Å². The summed E-state index contributed by atoms with van der Waals surface area (Å²) in [5.74, 6) is 0.113. The molecule has 2 aromatic carbocycles. The maximum atomic E-state index is 13.3. The number of carbonyl (C=O) groups is 1. The van der Waals surface area contributed by atoms with Gasteiger partial charge >= 0.3 is 0 Å². The fourth-order valence-electron chi connectivity index (χ4n) is 5.41. The summed E-state index contributed by atoms with van der Waals surface area (Å²) < 4.78 is 2.30. The Balaban J connectivity index is 1.22. The number of likely N-dealkylation sites (tertiary alicyclic amines) is 1. The van der Waals surface area contributed by atoms with Crippen molar-refractivity contribution < 1.29 is 4.79 Å². The number of anilines is 3. The molecule has 2 unspecified atom stereocenters. The second-order valence-corrected chi connectivity index (χ2v) is 9.41. The first-order valence-electron chi connectivity index (χ1n) is 11.6. The molecule has 32 heavy (non-hydrogen) atoms. The van der Waals surface area contributed by atoms with Gasteiger partial charge in [-0.1, -0.05) is 12.1 Å². The third-order valence-electron chi connectivity index (χ3n) is 7.46. The smallest absolute Gasteiger partial charge is 0.253 e. The van der Waals surface area contributed by atoms with E-state index in [2.05, 4.69) is 77.0 Å². The van der Waals surface area contributed by atoms with Crippen LogP contribution in [-0.2, 0) is 5.54 Å². The van der Waals surface area contributed by atoms with Gasteiger partial charge in [0.1, 0.15) is 0 Å². The van der Waals surface area contributed by atoms with E-state index in [4.69, 9.17) is 0 Å². The van der Waals surface area contributed by atoms with Gasteiger partial charge in [-0.05, 0) is 69.2 Å². The summed E-state index contributed by atoms with van der Waals surface area (Å²) in [6.07, 6.45) is 3.91. The Morgan fingerprint density at radius 3 is 2.47 bits per heavy atom. The van der Waals surface area contributed by atoms with Gasteiger partial charge in [-0.2, -0.15) is 0 Å². The molecule has 6 nitrogen and oxygen atoms in total. The molecule has 3 aliphatic rings. The molecule has 1 aromatic heterocycles. The number of nitrogens with zero attached hydrogens (tertiary/aromatic N) is 2. The zero-order valence-electron chi connectivity index (χ0n) is 18.6. The van der Waals surface area contributed by atoms with Gasteiger partial charge in [0.05, 0.1) is 28.3 Å². The molecule has 6 rings (SSSR count). The molecule has 3 aromatic rings. The van der Waals surface area contributed by atoms with Crippen LogP contribution in [0.5, 0.6) is 0 Å². The predicted molar refractivity (Wildman–Crippen MR) is 129 cm³/mol. The maximum absolute atomic E-state index is 13.3. The van der Waals surface area contributed by atoms with Gasteiger partial charge in [-0.3, -0.25) is 4.79 Å². The third-order valence-corrected chi connectivity index (χ3v) is 7.46. The molecule has 4 heterocycles. The van der Waals surface area contributed by atoms with Crippen LogP contribution in [0.25, 0.3) is 5.69 Å². The summed E-state index contributed by atoms with van der Waals surface area (Å²) in [7, 11) is 0. The van der Waals surface area contributed by atoms with Crippen molar-refractivity contribution in [1.29, 1.82) is 0 Å². The highest BCUT2D eigenvalue weighted by Crippen LogP contribution is 2.43. The minimum Gasteiger partial charge on any atom is -0.379 e. The van der Waals surface area contributed by atoms with Crippen LogP contribution in [0.15, 0.2) is 60.8 Å². The van der Waals surface area contributed by atoms with E-state index in [0.29, 0.717) is 12.1 Å². The minimum absolute atomic E-state index is 0.113. The van der Waals surface area contributed by atoms with Crippen LogP contribution in [0.4, 0.5) is 17.1 Å². The summed E-state index contributed by atoms with van der Waals surface area (Å²) in [6, 6.07) is 19.4. The molecule has 0 radical (unpaired) electrons.